The smallest absolute Gasteiger partial charge is 0.136 e. The van der Waals surface area contributed by atoms with E-state index in [4.69, 9.17) is 4.42 Å². The molecule has 0 aliphatic carbocycles. The zero-order chi connectivity index (χ0) is 45.7. The summed E-state index contributed by atoms with van der Waals surface area (Å²) in [6.45, 7) is 0. The van der Waals surface area contributed by atoms with E-state index in [1.54, 1.807) is 0 Å². The molecule has 0 aliphatic rings. The zero-order valence-electron chi connectivity index (χ0n) is 37.7. The lowest BCUT2D eigenvalue weighted by molar-refractivity contribution is 0.669. The molecule has 0 fully saturated rings. The molecule has 0 aliphatic heterocycles. The van der Waals surface area contributed by atoms with E-state index < -0.39 is 0 Å². The van der Waals surface area contributed by atoms with Crippen LogP contribution in [0.5, 0.6) is 0 Å². The Bertz CT molecular complexity index is 3940. The fourth-order valence-electron chi connectivity index (χ4n) is 10.2. The van der Waals surface area contributed by atoms with Crippen molar-refractivity contribution in [2.75, 3.05) is 4.90 Å². The van der Waals surface area contributed by atoms with Crippen LogP contribution in [0.3, 0.4) is 0 Å². The number of para-hydroxylation sites is 3. The maximum atomic E-state index is 6.63. The molecule has 0 bridgehead atoms. The predicted octanol–water partition coefficient (Wildman–Crippen LogP) is 18.5. The van der Waals surface area contributed by atoms with E-state index >= 15 is 0 Å². The van der Waals surface area contributed by atoms with Crippen molar-refractivity contribution in [3.8, 4) is 61.3 Å². The monoisotopic (exact) mass is 880 g/mol. The summed E-state index contributed by atoms with van der Waals surface area (Å²) in [5.74, 6) is 0. The molecule has 0 amide bonds. The van der Waals surface area contributed by atoms with Crippen molar-refractivity contribution in [3.05, 3.63) is 267 Å². The lowest BCUT2D eigenvalue weighted by Crippen LogP contribution is -2.11. The number of hydrogen-bond donors (Lipinski definition) is 0. The van der Waals surface area contributed by atoms with Crippen LogP contribution in [0.4, 0.5) is 17.1 Å². The predicted molar refractivity (Wildman–Crippen MR) is 290 cm³/mol. The Morgan fingerprint density at radius 3 is 1.38 bits per heavy atom. The molecule has 0 saturated carbocycles. The van der Waals surface area contributed by atoms with Gasteiger partial charge in [0.1, 0.15) is 11.2 Å². The minimum Gasteiger partial charge on any atom is -0.456 e. The van der Waals surface area contributed by atoms with E-state index in [-0.39, 0.29) is 0 Å². The molecular weight excluding hydrogens is 837 g/mol. The lowest BCUT2D eigenvalue weighted by atomic mass is 9.98. The molecule has 0 radical (unpaired) electrons. The Kier molecular flexibility index (Phi) is 9.84. The average Bonchev–Trinajstić information content (AvgIpc) is 3.97. The number of rotatable bonds is 9. The van der Waals surface area contributed by atoms with Gasteiger partial charge in [0.2, 0.25) is 0 Å². The Morgan fingerprint density at radius 2 is 0.725 bits per heavy atom. The summed E-state index contributed by atoms with van der Waals surface area (Å²) in [7, 11) is 0. The molecule has 11 aromatic carbocycles. The van der Waals surface area contributed by atoms with E-state index in [0.29, 0.717) is 0 Å². The highest BCUT2D eigenvalue weighted by Gasteiger charge is 2.20. The summed E-state index contributed by atoms with van der Waals surface area (Å²) >= 11 is 0. The van der Waals surface area contributed by atoms with Gasteiger partial charge in [-0.05, 0) is 129 Å². The standard InChI is InChI=1S/C66H44N2O/c1-3-15-45(16-4-1)50-19-13-21-55(41-50)67(62-26-10-7-23-57(62)53-36-40-61-60-39-35-52(46-17-5-2-6-18-46)43-65(60)69-66(61)44-53)54-37-33-48(34-38-54)47-29-31-49(32-30-47)51-20-14-22-56(42-51)68-63-27-11-8-24-58(63)59-25-9-12-28-64(59)68/h1-44H. The van der Waals surface area contributed by atoms with Crippen molar-refractivity contribution in [1.29, 1.82) is 0 Å². The number of benzene rings is 11. The molecular formula is C66H44N2O. The van der Waals surface area contributed by atoms with Crippen LogP contribution in [0.15, 0.2) is 271 Å². The molecule has 0 spiro atoms. The minimum atomic E-state index is 0.867. The highest BCUT2D eigenvalue weighted by atomic mass is 16.3. The second-order valence-electron chi connectivity index (χ2n) is 17.7. The van der Waals surface area contributed by atoms with Gasteiger partial charge < -0.3 is 13.9 Å². The normalized spacial score (nSPS) is 11.5. The summed E-state index contributed by atoms with van der Waals surface area (Å²) in [6.07, 6.45) is 0. The van der Waals surface area contributed by atoms with Crippen LogP contribution < -0.4 is 4.90 Å². The largest absolute Gasteiger partial charge is 0.456 e. The summed E-state index contributed by atoms with van der Waals surface area (Å²) in [5, 5.41) is 4.75. The van der Waals surface area contributed by atoms with Crippen molar-refractivity contribution in [2.45, 2.75) is 0 Å². The quantitative estimate of drug-likeness (QED) is 0.144. The fraction of sp³-hybridized carbons (Fsp3) is 0. The molecule has 13 rings (SSSR count). The van der Waals surface area contributed by atoms with Gasteiger partial charge in [-0.15, -0.1) is 0 Å². The number of nitrogens with zero attached hydrogens (tertiary/aromatic N) is 2. The third-order valence-corrected chi connectivity index (χ3v) is 13.6. The highest BCUT2D eigenvalue weighted by Crippen LogP contribution is 2.44. The van der Waals surface area contributed by atoms with Crippen LogP contribution in [-0.2, 0) is 0 Å². The maximum absolute atomic E-state index is 6.63. The van der Waals surface area contributed by atoms with Gasteiger partial charge in [0.05, 0.1) is 16.7 Å². The van der Waals surface area contributed by atoms with Crippen LogP contribution in [0, 0.1) is 0 Å². The zero-order valence-corrected chi connectivity index (χ0v) is 37.7. The summed E-state index contributed by atoms with van der Waals surface area (Å²) < 4.78 is 9.01. The molecule has 2 aromatic heterocycles. The van der Waals surface area contributed by atoms with Crippen molar-refractivity contribution in [1.82, 2.24) is 4.57 Å². The number of furan rings is 1. The molecule has 3 heteroatoms. The topological polar surface area (TPSA) is 21.3 Å². The second kappa shape index (κ2) is 16.9. The van der Waals surface area contributed by atoms with Crippen molar-refractivity contribution >= 4 is 60.8 Å². The highest BCUT2D eigenvalue weighted by molar-refractivity contribution is 6.10. The van der Waals surface area contributed by atoms with Crippen molar-refractivity contribution < 1.29 is 4.42 Å². The molecule has 13 aromatic rings. The lowest BCUT2D eigenvalue weighted by Gasteiger charge is -2.28. The molecule has 0 saturated heterocycles. The number of fused-ring (bicyclic) bond motifs is 6. The van der Waals surface area contributed by atoms with Crippen LogP contribution in [0.25, 0.3) is 105 Å². The van der Waals surface area contributed by atoms with E-state index in [0.717, 1.165) is 78.1 Å². The number of aromatic nitrogens is 1. The van der Waals surface area contributed by atoms with E-state index in [2.05, 4.69) is 270 Å². The molecule has 0 N–H and O–H groups in total. The van der Waals surface area contributed by atoms with Gasteiger partial charge in [-0.2, -0.15) is 0 Å². The maximum Gasteiger partial charge on any atom is 0.136 e. The summed E-state index contributed by atoms with van der Waals surface area (Å²) in [4.78, 5) is 2.38. The van der Waals surface area contributed by atoms with Gasteiger partial charge >= 0.3 is 0 Å². The molecule has 2 heterocycles. The Labute approximate surface area is 401 Å². The van der Waals surface area contributed by atoms with E-state index in [1.165, 1.54) is 44.1 Å². The number of anilines is 3. The van der Waals surface area contributed by atoms with Gasteiger partial charge in [0.25, 0.3) is 0 Å². The first-order valence-corrected chi connectivity index (χ1v) is 23.6. The first kappa shape index (κ1) is 40.1. The molecule has 0 unspecified atom stereocenters. The molecule has 69 heavy (non-hydrogen) atoms. The van der Waals surface area contributed by atoms with Crippen LogP contribution in [0.1, 0.15) is 0 Å². The Balaban J connectivity index is 0.855. The van der Waals surface area contributed by atoms with Gasteiger partial charge in [0.15, 0.2) is 0 Å². The SMILES string of the molecule is c1ccc(-c2cccc(N(c3ccc(-c4ccc(-c5cccc(-n6c7ccccc7c7ccccc76)c5)cc4)cc3)c3ccccc3-c3ccc4c(c3)oc3cc(-c5ccccc5)ccc34)c2)cc1. The van der Waals surface area contributed by atoms with Gasteiger partial charge in [0, 0.05) is 44.2 Å². The first-order valence-electron chi connectivity index (χ1n) is 23.6. The van der Waals surface area contributed by atoms with Gasteiger partial charge in [-0.25, -0.2) is 0 Å². The van der Waals surface area contributed by atoms with Crippen LogP contribution >= 0.6 is 0 Å². The van der Waals surface area contributed by atoms with Gasteiger partial charge in [-0.3, -0.25) is 0 Å². The Morgan fingerprint density at radius 1 is 0.275 bits per heavy atom. The van der Waals surface area contributed by atoms with E-state index in [1.807, 2.05) is 6.07 Å². The van der Waals surface area contributed by atoms with Gasteiger partial charge in [-0.1, -0.05) is 188 Å². The number of hydrogen-bond acceptors (Lipinski definition) is 2. The molecule has 3 nitrogen and oxygen atoms in total. The van der Waals surface area contributed by atoms with Crippen molar-refractivity contribution in [2.24, 2.45) is 0 Å². The van der Waals surface area contributed by atoms with Crippen LogP contribution in [0.2, 0.25) is 0 Å². The third-order valence-electron chi connectivity index (χ3n) is 13.6. The molecule has 324 valence electrons. The summed E-state index contributed by atoms with van der Waals surface area (Å²) in [5.41, 5.74) is 20.0. The third kappa shape index (κ3) is 7.25. The Hall–Kier alpha value is -9.18. The first-order chi connectivity index (χ1) is 34.2. The second-order valence-corrected chi connectivity index (χ2v) is 17.7. The minimum absolute atomic E-state index is 0.867. The van der Waals surface area contributed by atoms with Crippen molar-refractivity contribution in [3.63, 3.8) is 0 Å². The average molecular weight is 881 g/mol. The molecule has 0 atom stereocenters. The van der Waals surface area contributed by atoms with Crippen LogP contribution in [-0.4, -0.2) is 4.57 Å². The van der Waals surface area contributed by atoms with E-state index in [9.17, 15) is 0 Å². The fourth-order valence-corrected chi connectivity index (χ4v) is 10.2. The summed E-state index contributed by atoms with van der Waals surface area (Å²) in [6, 6.07) is 96.0.